The van der Waals surface area contributed by atoms with E-state index in [1.807, 2.05) is 6.92 Å². The molecule has 8 heavy (non-hydrogen) atoms. The van der Waals surface area contributed by atoms with Crippen molar-refractivity contribution in [2.75, 3.05) is 5.88 Å². The number of halogens is 1. The van der Waals surface area contributed by atoms with Crippen molar-refractivity contribution < 1.29 is 5.11 Å². The molecule has 0 aromatic rings. The summed E-state index contributed by atoms with van der Waals surface area (Å²) in [5, 5.41) is 8.92. The maximum Gasteiger partial charge on any atom is 0.0735 e. The Morgan fingerprint density at radius 3 is 2.50 bits per heavy atom. The van der Waals surface area contributed by atoms with Crippen LogP contribution >= 0.6 is 11.6 Å². The summed E-state index contributed by atoms with van der Waals surface area (Å²) in [6.07, 6.45) is 1.25. The molecule has 0 aliphatic heterocycles. The zero-order valence-electron chi connectivity index (χ0n) is 4.97. The van der Waals surface area contributed by atoms with Crippen LogP contribution in [0.2, 0.25) is 0 Å². The molecule has 0 fully saturated rings. The van der Waals surface area contributed by atoms with Gasteiger partial charge in [-0.1, -0.05) is 13.0 Å². The fraction of sp³-hybridized carbons (Fsp3) is 0.667. The third-order valence-corrected chi connectivity index (χ3v) is 1.45. The van der Waals surface area contributed by atoms with Gasteiger partial charge in [0.15, 0.2) is 0 Å². The third kappa shape index (κ3) is 2.34. The molecular formula is C6H11ClO. The lowest BCUT2D eigenvalue weighted by Gasteiger charge is -2.09. The summed E-state index contributed by atoms with van der Waals surface area (Å²) in [7, 11) is 0. The summed E-state index contributed by atoms with van der Waals surface area (Å²) >= 11 is 5.33. The molecule has 0 aliphatic carbocycles. The average Bonchev–Trinajstić information content (AvgIpc) is 1.84. The Balaban J connectivity index is 3.44. The number of aliphatic hydroxyl groups is 1. The predicted octanol–water partition coefficient (Wildman–Crippen LogP) is 1.41. The predicted molar refractivity (Wildman–Crippen MR) is 36.1 cm³/mol. The van der Waals surface area contributed by atoms with Gasteiger partial charge in [0, 0.05) is 11.8 Å². The first-order valence-electron chi connectivity index (χ1n) is 2.59. The standard InChI is InChI=1S/C6H11ClO/c1-3-5(2)6(8)4-7/h3,5-6,8H,1,4H2,2H3. The number of rotatable bonds is 3. The van der Waals surface area contributed by atoms with Crippen molar-refractivity contribution in [3.8, 4) is 0 Å². The lowest BCUT2D eigenvalue weighted by atomic mass is 10.1. The van der Waals surface area contributed by atoms with Gasteiger partial charge in [0.2, 0.25) is 0 Å². The van der Waals surface area contributed by atoms with Crippen LogP contribution in [0.1, 0.15) is 6.92 Å². The number of hydrogen-bond acceptors (Lipinski definition) is 1. The van der Waals surface area contributed by atoms with Gasteiger partial charge in [0.25, 0.3) is 0 Å². The van der Waals surface area contributed by atoms with Crippen molar-refractivity contribution in [2.24, 2.45) is 5.92 Å². The molecule has 2 heteroatoms. The molecule has 0 aromatic heterocycles. The SMILES string of the molecule is C=CC(C)C(O)CCl. The van der Waals surface area contributed by atoms with E-state index >= 15 is 0 Å². The Labute approximate surface area is 55.0 Å². The first-order chi connectivity index (χ1) is 3.72. The second-order valence-electron chi connectivity index (χ2n) is 1.82. The third-order valence-electron chi connectivity index (χ3n) is 1.14. The van der Waals surface area contributed by atoms with Crippen LogP contribution in [0.5, 0.6) is 0 Å². The van der Waals surface area contributed by atoms with E-state index in [1.165, 1.54) is 0 Å². The van der Waals surface area contributed by atoms with Crippen LogP contribution in [0.25, 0.3) is 0 Å². The van der Waals surface area contributed by atoms with Crippen molar-refractivity contribution in [3.05, 3.63) is 12.7 Å². The van der Waals surface area contributed by atoms with E-state index in [1.54, 1.807) is 6.08 Å². The van der Waals surface area contributed by atoms with Crippen LogP contribution in [0.15, 0.2) is 12.7 Å². The van der Waals surface area contributed by atoms with E-state index in [2.05, 4.69) is 6.58 Å². The molecule has 0 heterocycles. The van der Waals surface area contributed by atoms with Gasteiger partial charge in [0.05, 0.1) is 6.10 Å². The van der Waals surface area contributed by atoms with Gasteiger partial charge in [-0.05, 0) is 0 Å². The molecule has 0 aliphatic rings. The molecule has 48 valence electrons. The smallest absolute Gasteiger partial charge is 0.0735 e. The highest BCUT2D eigenvalue weighted by molar-refractivity contribution is 6.18. The molecule has 0 saturated heterocycles. The Bertz CT molecular complexity index is 72.9. The molecule has 0 bridgehead atoms. The average molecular weight is 135 g/mol. The molecule has 0 spiro atoms. The van der Waals surface area contributed by atoms with E-state index in [0.717, 1.165) is 0 Å². The second-order valence-corrected chi connectivity index (χ2v) is 2.13. The van der Waals surface area contributed by atoms with Crippen LogP contribution in [0.3, 0.4) is 0 Å². The van der Waals surface area contributed by atoms with Gasteiger partial charge >= 0.3 is 0 Å². The quantitative estimate of drug-likeness (QED) is 0.457. The van der Waals surface area contributed by atoms with Gasteiger partial charge in [0.1, 0.15) is 0 Å². The number of hydrogen-bond donors (Lipinski definition) is 1. The molecule has 0 saturated carbocycles. The van der Waals surface area contributed by atoms with E-state index in [0.29, 0.717) is 0 Å². The summed E-state index contributed by atoms with van der Waals surface area (Å²) in [5.41, 5.74) is 0. The normalized spacial score (nSPS) is 17.4. The van der Waals surface area contributed by atoms with Gasteiger partial charge in [-0.15, -0.1) is 18.2 Å². The maximum atomic E-state index is 8.92. The minimum atomic E-state index is -0.436. The fourth-order valence-electron chi connectivity index (χ4n) is 0.298. The lowest BCUT2D eigenvalue weighted by Crippen LogP contribution is -2.16. The van der Waals surface area contributed by atoms with E-state index < -0.39 is 6.10 Å². The largest absolute Gasteiger partial charge is 0.391 e. The highest BCUT2D eigenvalue weighted by Crippen LogP contribution is 2.04. The highest BCUT2D eigenvalue weighted by Gasteiger charge is 2.06. The van der Waals surface area contributed by atoms with Gasteiger partial charge in [-0.2, -0.15) is 0 Å². The van der Waals surface area contributed by atoms with Crippen molar-refractivity contribution in [2.45, 2.75) is 13.0 Å². The first kappa shape index (κ1) is 7.99. The van der Waals surface area contributed by atoms with E-state index in [4.69, 9.17) is 16.7 Å². The molecule has 0 amide bonds. The highest BCUT2D eigenvalue weighted by atomic mass is 35.5. The zero-order chi connectivity index (χ0) is 6.57. The molecule has 0 aromatic carbocycles. The first-order valence-corrected chi connectivity index (χ1v) is 3.12. The molecule has 2 atom stereocenters. The van der Waals surface area contributed by atoms with Crippen molar-refractivity contribution in [3.63, 3.8) is 0 Å². The maximum absolute atomic E-state index is 8.92. The van der Waals surface area contributed by atoms with Crippen LogP contribution < -0.4 is 0 Å². The lowest BCUT2D eigenvalue weighted by molar-refractivity contribution is 0.160. The summed E-state index contributed by atoms with van der Waals surface area (Å²) in [6, 6.07) is 0. The molecule has 2 unspecified atom stereocenters. The molecule has 1 nitrogen and oxygen atoms in total. The fourth-order valence-corrected chi connectivity index (χ4v) is 0.579. The zero-order valence-corrected chi connectivity index (χ0v) is 5.73. The Morgan fingerprint density at radius 2 is 2.38 bits per heavy atom. The Morgan fingerprint density at radius 1 is 1.88 bits per heavy atom. The summed E-state index contributed by atoms with van der Waals surface area (Å²) in [6.45, 7) is 5.39. The number of aliphatic hydroxyl groups excluding tert-OH is 1. The number of alkyl halides is 1. The van der Waals surface area contributed by atoms with Crippen LogP contribution in [0, 0.1) is 5.92 Å². The Kier molecular flexibility index (Phi) is 3.92. The Hall–Kier alpha value is -0.0100. The van der Waals surface area contributed by atoms with E-state index in [-0.39, 0.29) is 11.8 Å². The second kappa shape index (κ2) is 3.93. The minimum absolute atomic E-state index is 0.104. The summed E-state index contributed by atoms with van der Waals surface area (Å²) < 4.78 is 0. The molecule has 0 rings (SSSR count). The monoisotopic (exact) mass is 134 g/mol. The molecule has 1 N–H and O–H groups in total. The van der Waals surface area contributed by atoms with Crippen LogP contribution in [-0.2, 0) is 0 Å². The minimum Gasteiger partial charge on any atom is -0.391 e. The van der Waals surface area contributed by atoms with Gasteiger partial charge < -0.3 is 5.11 Å². The summed E-state index contributed by atoms with van der Waals surface area (Å²) in [5.74, 6) is 0.389. The molecular weight excluding hydrogens is 124 g/mol. The molecule has 0 radical (unpaired) electrons. The van der Waals surface area contributed by atoms with Crippen molar-refractivity contribution in [1.82, 2.24) is 0 Å². The topological polar surface area (TPSA) is 20.2 Å². The van der Waals surface area contributed by atoms with E-state index in [9.17, 15) is 0 Å². The van der Waals surface area contributed by atoms with Crippen LogP contribution in [-0.4, -0.2) is 17.1 Å². The van der Waals surface area contributed by atoms with Crippen LogP contribution in [0.4, 0.5) is 0 Å². The van der Waals surface area contributed by atoms with Crippen molar-refractivity contribution >= 4 is 11.6 Å². The summed E-state index contributed by atoms with van der Waals surface area (Å²) in [4.78, 5) is 0. The van der Waals surface area contributed by atoms with Gasteiger partial charge in [-0.3, -0.25) is 0 Å². The van der Waals surface area contributed by atoms with Crippen molar-refractivity contribution in [1.29, 1.82) is 0 Å². The van der Waals surface area contributed by atoms with Gasteiger partial charge in [-0.25, -0.2) is 0 Å².